The molecule has 0 atom stereocenters. The Bertz CT molecular complexity index is 554. The molecule has 0 aliphatic carbocycles. The van der Waals surface area contributed by atoms with Crippen LogP contribution in [0.5, 0.6) is 0 Å². The second kappa shape index (κ2) is 3.86. The van der Waals surface area contributed by atoms with E-state index in [1.165, 1.54) is 6.07 Å². The molecule has 1 aromatic rings. The van der Waals surface area contributed by atoms with Gasteiger partial charge in [0.2, 0.25) is 0 Å². The number of ketones is 1. The van der Waals surface area contributed by atoms with E-state index in [4.69, 9.17) is 0 Å². The monoisotopic (exact) mass is 256 g/mol. The molecule has 0 aromatic heterocycles. The fourth-order valence-corrected chi connectivity index (χ4v) is 2.05. The van der Waals surface area contributed by atoms with Gasteiger partial charge in [-0.1, -0.05) is 6.07 Å². The van der Waals surface area contributed by atoms with Crippen LogP contribution in [0.3, 0.4) is 0 Å². The molecule has 3 nitrogen and oxygen atoms in total. The van der Waals surface area contributed by atoms with E-state index in [0.717, 1.165) is 5.56 Å². The predicted octanol–water partition coefficient (Wildman–Crippen LogP) is 2.22. The molecule has 0 saturated carbocycles. The van der Waals surface area contributed by atoms with E-state index >= 15 is 0 Å². The first-order valence-corrected chi connectivity index (χ1v) is 5.40. The number of anilines is 1. The molecular formula is C11H10BF3NO2-. The van der Waals surface area contributed by atoms with Crippen molar-refractivity contribution in [3.05, 3.63) is 28.8 Å². The third kappa shape index (κ3) is 1.89. The summed E-state index contributed by atoms with van der Waals surface area (Å²) < 4.78 is 37.5. The topological polar surface area (TPSA) is 37.4 Å². The van der Waals surface area contributed by atoms with Crippen LogP contribution in [0.1, 0.15) is 21.5 Å². The van der Waals surface area contributed by atoms with E-state index in [2.05, 4.69) is 0 Å². The summed E-state index contributed by atoms with van der Waals surface area (Å²) in [5, 5.41) is 0. The van der Waals surface area contributed by atoms with E-state index in [1.54, 1.807) is 19.9 Å². The molecule has 2 rings (SSSR count). The molecule has 0 bridgehead atoms. The summed E-state index contributed by atoms with van der Waals surface area (Å²) in [4.78, 5) is 23.7. The lowest BCUT2D eigenvalue weighted by atomic mass is 9.90. The van der Waals surface area contributed by atoms with Gasteiger partial charge in [0.05, 0.1) is 11.3 Å². The lowest BCUT2D eigenvalue weighted by Gasteiger charge is -2.25. The molecule has 96 valence electrons. The van der Waals surface area contributed by atoms with Gasteiger partial charge in [-0.25, -0.2) is 0 Å². The maximum Gasteiger partial charge on any atom is 0.497 e. The smallest absolute Gasteiger partial charge is 0.448 e. The van der Waals surface area contributed by atoms with Crippen LogP contribution in [-0.2, 0) is 4.79 Å². The summed E-state index contributed by atoms with van der Waals surface area (Å²) in [5.74, 6) is -1.97. The number of hydrogen-bond donors (Lipinski definition) is 0. The normalized spacial score (nSPS) is 15.3. The first-order valence-electron chi connectivity index (χ1n) is 5.40. The Morgan fingerprint density at radius 3 is 2.33 bits per heavy atom. The number of halogens is 3. The van der Waals surface area contributed by atoms with E-state index in [1.807, 2.05) is 0 Å². The number of rotatable bonds is 2. The number of aryl methyl sites for hydroxylation is 1. The molecule has 1 aliphatic rings. The zero-order valence-corrected chi connectivity index (χ0v) is 9.84. The minimum absolute atomic E-state index is 0.0585. The molecule has 7 heteroatoms. The van der Waals surface area contributed by atoms with Crippen molar-refractivity contribution in [2.45, 2.75) is 13.8 Å². The fourth-order valence-electron chi connectivity index (χ4n) is 2.05. The highest BCUT2D eigenvalue weighted by Gasteiger charge is 2.40. The van der Waals surface area contributed by atoms with Gasteiger partial charge in [0, 0.05) is 0 Å². The Morgan fingerprint density at radius 1 is 1.17 bits per heavy atom. The quantitative estimate of drug-likeness (QED) is 0.601. The van der Waals surface area contributed by atoms with Gasteiger partial charge in [-0.15, -0.1) is 0 Å². The number of nitrogens with zero attached hydrogens (tertiary/aromatic N) is 1. The number of hydrogen-bond acceptors (Lipinski definition) is 2. The summed E-state index contributed by atoms with van der Waals surface area (Å²) in [6, 6.07) is 3.03. The second-order valence-electron chi connectivity index (χ2n) is 4.36. The minimum atomic E-state index is -5.17. The van der Waals surface area contributed by atoms with Crippen molar-refractivity contribution in [3.8, 4) is 0 Å². The highest BCUT2D eigenvalue weighted by molar-refractivity contribution is 6.62. The minimum Gasteiger partial charge on any atom is -0.448 e. The van der Waals surface area contributed by atoms with Gasteiger partial charge in [0.1, 0.15) is 0 Å². The maximum atomic E-state index is 12.5. The first kappa shape index (κ1) is 12.7. The molecule has 0 N–H and O–H groups in total. The van der Waals surface area contributed by atoms with E-state index in [-0.39, 0.29) is 11.3 Å². The number of carbonyl (C=O) groups is 2. The molecule has 18 heavy (non-hydrogen) atoms. The standard InChI is InChI=1S/C11H10BF3NO2/c1-6-3-4-8-9(7(6)2)16(5-12(13,14)15)11(18)10(8)17/h3-4H,5H2,1-2H3/q-1. The Kier molecular flexibility index (Phi) is 2.72. The van der Waals surface area contributed by atoms with Crippen LogP contribution in [0.2, 0.25) is 0 Å². The summed E-state index contributed by atoms with van der Waals surface area (Å²) in [6.45, 7) is -1.84. The van der Waals surface area contributed by atoms with Crippen molar-refractivity contribution in [2.75, 3.05) is 11.3 Å². The zero-order valence-electron chi connectivity index (χ0n) is 9.84. The van der Waals surface area contributed by atoms with Crippen LogP contribution in [0.25, 0.3) is 0 Å². The summed E-state index contributed by atoms with van der Waals surface area (Å²) in [6.07, 6.45) is -1.37. The number of fused-ring (bicyclic) bond motifs is 1. The van der Waals surface area contributed by atoms with Gasteiger partial charge in [-0.05, 0) is 37.5 Å². The number of amides is 1. The van der Waals surface area contributed by atoms with Crippen LogP contribution in [0.15, 0.2) is 12.1 Å². The Balaban J connectivity index is 2.57. The van der Waals surface area contributed by atoms with E-state index < -0.39 is 25.1 Å². The van der Waals surface area contributed by atoms with E-state index in [0.29, 0.717) is 10.5 Å². The lowest BCUT2D eigenvalue weighted by molar-refractivity contribution is -0.114. The molecule has 0 fully saturated rings. The van der Waals surface area contributed by atoms with Gasteiger partial charge in [0.15, 0.2) is 0 Å². The fraction of sp³-hybridized carbons (Fsp3) is 0.273. The summed E-state index contributed by atoms with van der Waals surface area (Å²) in [7, 11) is 0. The SMILES string of the molecule is Cc1ccc2c(c1C)N(C[B-](F)(F)F)C(=O)C2=O. The largest absolute Gasteiger partial charge is 0.497 e. The average molecular weight is 256 g/mol. The van der Waals surface area contributed by atoms with Gasteiger partial charge in [-0.2, -0.15) is 0 Å². The van der Waals surface area contributed by atoms with Crippen LogP contribution >= 0.6 is 0 Å². The molecule has 1 heterocycles. The predicted molar refractivity (Wildman–Crippen MR) is 61.7 cm³/mol. The van der Waals surface area contributed by atoms with Crippen molar-refractivity contribution >= 4 is 24.4 Å². The Hall–Kier alpha value is -1.79. The molecule has 0 saturated heterocycles. The molecule has 1 aromatic carbocycles. The zero-order chi connectivity index (χ0) is 13.7. The second-order valence-corrected chi connectivity index (χ2v) is 4.36. The van der Waals surface area contributed by atoms with Crippen molar-refractivity contribution < 1.29 is 22.5 Å². The van der Waals surface area contributed by atoms with Crippen LogP contribution < -0.4 is 4.90 Å². The molecule has 1 amide bonds. The van der Waals surface area contributed by atoms with Gasteiger partial charge in [0.25, 0.3) is 11.7 Å². The lowest BCUT2D eigenvalue weighted by Crippen LogP contribution is -2.41. The molecule has 1 aliphatic heterocycles. The highest BCUT2D eigenvalue weighted by Crippen LogP contribution is 2.35. The van der Waals surface area contributed by atoms with Crippen molar-refractivity contribution in [2.24, 2.45) is 0 Å². The van der Waals surface area contributed by atoms with Crippen LogP contribution in [-0.4, -0.2) is 25.1 Å². The number of Topliss-reactive ketones (excluding diaryl/α,β-unsaturated/α-hetero) is 1. The molecule has 0 spiro atoms. The van der Waals surface area contributed by atoms with Gasteiger partial charge in [-0.3, -0.25) is 9.59 Å². The van der Waals surface area contributed by atoms with Gasteiger partial charge >= 0.3 is 6.98 Å². The third-order valence-electron chi connectivity index (χ3n) is 3.05. The number of benzene rings is 1. The molecular weight excluding hydrogens is 246 g/mol. The van der Waals surface area contributed by atoms with Crippen LogP contribution in [0, 0.1) is 13.8 Å². The highest BCUT2D eigenvalue weighted by atomic mass is 19.4. The van der Waals surface area contributed by atoms with Crippen molar-refractivity contribution in [3.63, 3.8) is 0 Å². The third-order valence-corrected chi connectivity index (χ3v) is 3.05. The van der Waals surface area contributed by atoms with E-state index in [9.17, 15) is 22.5 Å². The van der Waals surface area contributed by atoms with Crippen molar-refractivity contribution in [1.29, 1.82) is 0 Å². The maximum absolute atomic E-state index is 12.5. The molecule has 0 unspecified atom stereocenters. The Labute approximate surface area is 102 Å². The average Bonchev–Trinajstić information content (AvgIpc) is 2.47. The first-order chi connectivity index (χ1) is 8.22. The Morgan fingerprint density at radius 2 is 1.78 bits per heavy atom. The van der Waals surface area contributed by atoms with Gasteiger partial charge < -0.3 is 17.8 Å². The number of carbonyl (C=O) groups excluding carboxylic acids is 2. The van der Waals surface area contributed by atoms with Crippen molar-refractivity contribution in [1.82, 2.24) is 0 Å². The summed E-state index contributed by atoms with van der Waals surface area (Å²) in [5.41, 5.74) is 1.44. The van der Waals surface area contributed by atoms with Crippen LogP contribution in [0.4, 0.5) is 18.6 Å². The summed E-state index contributed by atoms with van der Waals surface area (Å²) >= 11 is 0. The molecule has 0 radical (unpaired) electrons.